The highest BCUT2D eigenvalue weighted by molar-refractivity contribution is 6.00. The predicted octanol–water partition coefficient (Wildman–Crippen LogP) is 5.40. The van der Waals surface area contributed by atoms with Crippen LogP contribution in [0.15, 0.2) is 60.7 Å². The Balaban J connectivity index is 1.72. The molecule has 0 spiro atoms. The van der Waals surface area contributed by atoms with Gasteiger partial charge < -0.3 is 25.4 Å². The highest BCUT2D eigenvalue weighted by Crippen LogP contribution is 2.36. The molecule has 1 aliphatic carbocycles. The number of aryl methyl sites for hydroxylation is 2. The summed E-state index contributed by atoms with van der Waals surface area (Å²) in [4.78, 5) is 42.3. The smallest absolute Gasteiger partial charge is 0.408 e. The Morgan fingerprint density at radius 3 is 2.33 bits per heavy atom. The Morgan fingerprint density at radius 1 is 1.00 bits per heavy atom. The predicted molar refractivity (Wildman–Crippen MR) is 156 cm³/mol. The van der Waals surface area contributed by atoms with Crippen LogP contribution in [0.4, 0.5) is 10.5 Å². The van der Waals surface area contributed by atoms with Crippen molar-refractivity contribution < 1.29 is 24.2 Å². The zero-order valence-electron chi connectivity index (χ0n) is 23.9. The molecule has 1 fully saturated rings. The van der Waals surface area contributed by atoms with Crippen LogP contribution >= 0.6 is 0 Å². The number of amides is 3. The van der Waals surface area contributed by atoms with Crippen molar-refractivity contribution in [3.63, 3.8) is 0 Å². The quantitative estimate of drug-likeness (QED) is 0.351. The maximum Gasteiger partial charge on any atom is 0.408 e. The standard InChI is InChI=1S/C32H39N3O5/c1-20-13-14-21(2)26(17-20)28(29(37)33-24-16-15-22-9-6-7-10-23(22)18-24)35(25-11-8-12-25)30(38)27(19-36)34-31(39)40-32(3,4)5/h6-7,9-10,13-18,25,27-28,36H,8,11-12,19H2,1-5H3,(H,33,37)(H,34,39). The molecule has 0 aliphatic heterocycles. The maximum absolute atomic E-state index is 14.1. The van der Waals surface area contributed by atoms with Gasteiger partial charge in [0, 0.05) is 11.7 Å². The van der Waals surface area contributed by atoms with Gasteiger partial charge in [-0.1, -0.05) is 54.1 Å². The van der Waals surface area contributed by atoms with Crippen molar-refractivity contribution in [2.75, 3.05) is 11.9 Å². The van der Waals surface area contributed by atoms with Crippen LogP contribution in [0.3, 0.4) is 0 Å². The van der Waals surface area contributed by atoms with Gasteiger partial charge in [-0.3, -0.25) is 9.59 Å². The molecule has 0 aromatic heterocycles. The van der Waals surface area contributed by atoms with Crippen LogP contribution in [-0.4, -0.2) is 52.2 Å². The first-order valence-corrected chi connectivity index (χ1v) is 13.8. The van der Waals surface area contributed by atoms with E-state index in [9.17, 15) is 19.5 Å². The highest BCUT2D eigenvalue weighted by atomic mass is 16.6. The Morgan fingerprint density at radius 2 is 1.70 bits per heavy atom. The van der Waals surface area contributed by atoms with Crippen LogP contribution in [0.5, 0.6) is 0 Å². The van der Waals surface area contributed by atoms with Crippen LogP contribution < -0.4 is 10.6 Å². The number of nitrogens with one attached hydrogen (secondary N) is 2. The third-order valence-corrected chi connectivity index (χ3v) is 7.17. The first-order valence-electron chi connectivity index (χ1n) is 13.8. The molecule has 0 saturated heterocycles. The lowest BCUT2D eigenvalue weighted by atomic mass is 9.87. The van der Waals surface area contributed by atoms with Crippen molar-refractivity contribution in [3.05, 3.63) is 77.4 Å². The van der Waals surface area contributed by atoms with Gasteiger partial charge in [0.05, 0.1) is 6.61 Å². The fraction of sp³-hybridized carbons (Fsp3) is 0.406. The number of rotatable bonds is 8. The lowest BCUT2D eigenvalue weighted by molar-refractivity contribution is -0.146. The van der Waals surface area contributed by atoms with E-state index in [0.29, 0.717) is 11.3 Å². The number of aliphatic hydroxyl groups excluding tert-OH is 1. The van der Waals surface area contributed by atoms with Crippen molar-refractivity contribution in [1.29, 1.82) is 0 Å². The summed E-state index contributed by atoms with van der Waals surface area (Å²) in [6.45, 7) is 8.38. The monoisotopic (exact) mass is 545 g/mol. The summed E-state index contributed by atoms with van der Waals surface area (Å²) in [5.41, 5.74) is 2.36. The van der Waals surface area contributed by atoms with Gasteiger partial charge in [-0.15, -0.1) is 0 Å². The Bertz CT molecular complexity index is 1390. The van der Waals surface area contributed by atoms with Gasteiger partial charge >= 0.3 is 6.09 Å². The molecule has 3 amide bonds. The second-order valence-corrected chi connectivity index (χ2v) is 11.5. The van der Waals surface area contributed by atoms with Crippen molar-refractivity contribution in [3.8, 4) is 0 Å². The highest BCUT2D eigenvalue weighted by Gasteiger charge is 2.42. The third-order valence-electron chi connectivity index (χ3n) is 7.17. The summed E-state index contributed by atoms with van der Waals surface area (Å²) >= 11 is 0. The molecular weight excluding hydrogens is 506 g/mol. The summed E-state index contributed by atoms with van der Waals surface area (Å²) in [5, 5.41) is 17.8. The van der Waals surface area contributed by atoms with Gasteiger partial charge in [-0.25, -0.2) is 4.79 Å². The summed E-state index contributed by atoms with van der Waals surface area (Å²) < 4.78 is 5.33. The molecule has 1 saturated carbocycles. The fourth-order valence-electron chi connectivity index (χ4n) is 4.95. The summed E-state index contributed by atoms with van der Waals surface area (Å²) in [6.07, 6.45) is 1.56. The van der Waals surface area contributed by atoms with Crippen molar-refractivity contribution in [1.82, 2.24) is 10.2 Å². The van der Waals surface area contributed by atoms with Gasteiger partial charge in [-0.05, 0) is 87.9 Å². The molecule has 0 heterocycles. The first kappa shape index (κ1) is 29.1. The van der Waals surface area contributed by atoms with E-state index in [2.05, 4.69) is 10.6 Å². The SMILES string of the molecule is Cc1ccc(C)c(C(C(=O)Nc2ccc3ccccc3c2)N(C(=O)C(CO)NC(=O)OC(C)(C)C)C2CCC2)c1. The van der Waals surface area contributed by atoms with Gasteiger partial charge in [0.25, 0.3) is 5.91 Å². The fourth-order valence-corrected chi connectivity index (χ4v) is 4.95. The van der Waals surface area contributed by atoms with Gasteiger partial charge in [0.2, 0.25) is 5.91 Å². The number of hydrogen-bond acceptors (Lipinski definition) is 5. The number of carbonyl (C=O) groups excluding carboxylic acids is 3. The Hall–Kier alpha value is -3.91. The zero-order valence-corrected chi connectivity index (χ0v) is 23.9. The molecule has 1 aliphatic rings. The van der Waals surface area contributed by atoms with E-state index in [4.69, 9.17) is 4.74 Å². The van der Waals surface area contributed by atoms with E-state index in [0.717, 1.165) is 41.2 Å². The van der Waals surface area contributed by atoms with Crippen LogP contribution in [0.1, 0.15) is 62.8 Å². The van der Waals surface area contributed by atoms with Gasteiger partial charge in [0.15, 0.2) is 0 Å². The van der Waals surface area contributed by atoms with Gasteiger partial charge in [0.1, 0.15) is 17.7 Å². The van der Waals surface area contributed by atoms with E-state index in [1.807, 2.05) is 74.5 Å². The zero-order chi connectivity index (χ0) is 29.0. The molecule has 8 nitrogen and oxygen atoms in total. The largest absolute Gasteiger partial charge is 0.444 e. The molecule has 4 rings (SSSR count). The van der Waals surface area contributed by atoms with Crippen molar-refractivity contribution in [2.45, 2.75) is 77.6 Å². The summed E-state index contributed by atoms with van der Waals surface area (Å²) in [5.74, 6) is -0.893. The van der Waals surface area contributed by atoms with E-state index in [-0.39, 0.29) is 11.9 Å². The molecule has 2 unspecified atom stereocenters. The molecule has 40 heavy (non-hydrogen) atoms. The average Bonchev–Trinajstić information content (AvgIpc) is 2.86. The minimum Gasteiger partial charge on any atom is -0.444 e. The van der Waals surface area contributed by atoms with Crippen LogP contribution in [0, 0.1) is 13.8 Å². The van der Waals surface area contributed by atoms with E-state index in [1.165, 1.54) is 0 Å². The number of fused-ring (bicyclic) bond motifs is 1. The second-order valence-electron chi connectivity index (χ2n) is 11.5. The number of benzene rings is 3. The van der Waals surface area contributed by atoms with Crippen LogP contribution in [0.25, 0.3) is 10.8 Å². The molecule has 2 atom stereocenters. The van der Waals surface area contributed by atoms with Crippen LogP contribution in [-0.2, 0) is 14.3 Å². The van der Waals surface area contributed by atoms with Crippen LogP contribution in [0.2, 0.25) is 0 Å². The molecule has 3 aromatic rings. The van der Waals surface area contributed by atoms with E-state index >= 15 is 0 Å². The van der Waals surface area contributed by atoms with Gasteiger partial charge in [-0.2, -0.15) is 0 Å². The third kappa shape index (κ3) is 6.80. The number of ether oxygens (including phenoxy) is 1. The molecule has 3 N–H and O–H groups in total. The number of alkyl carbamates (subject to hydrolysis) is 1. The second kappa shape index (κ2) is 12.1. The molecule has 212 valence electrons. The molecule has 3 aromatic carbocycles. The number of anilines is 1. The molecule has 8 heteroatoms. The lowest BCUT2D eigenvalue weighted by Gasteiger charge is -2.43. The van der Waals surface area contributed by atoms with Crippen molar-refractivity contribution in [2.24, 2.45) is 0 Å². The summed E-state index contributed by atoms with van der Waals surface area (Å²) in [7, 11) is 0. The topological polar surface area (TPSA) is 108 Å². The number of carbonyl (C=O) groups is 3. The maximum atomic E-state index is 14.1. The molecule has 0 radical (unpaired) electrons. The van der Waals surface area contributed by atoms with Crippen molar-refractivity contribution >= 4 is 34.4 Å². The average molecular weight is 546 g/mol. The lowest BCUT2D eigenvalue weighted by Crippen LogP contribution is -2.58. The van der Waals surface area contributed by atoms with E-state index in [1.54, 1.807) is 25.7 Å². The Labute approximate surface area is 235 Å². The Kier molecular flexibility index (Phi) is 8.79. The minimum atomic E-state index is -1.27. The minimum absolute atomic E-state index is 0.214. The normalized spacial score (nSPS) is 15.1. The number of hydrogen-bond donors (Lipinski definition) is 3. The molecular formula is C32H39N3O5. The first-order chi connectivity index (χ1) is 19.0. The molecule has 0 bridgehead atoms. The summed E-state index contributed by atoms with van der Waals surface area (Å²) in [6, 6.07) is 16.9. The number of nitrogens with zero attached hydrogens (tertiary/aromatic N) is 1. The van der Waals surface area contributed by atoms with E-state index < -0.39 is 36.3 Å². The number of aliphatic hydroxyl groups is 1.